The molecule has 2 N–H and O–H groups in total. The maximum atomic E-state index is 12.7. The molecule has 1 aromatic heterocycles. The Kier molecular flexibility index (Phi) is 7.63. The average Bonchev–Trinajstić information content (AvgIpc) is 3.32. The molecule has 1 saturated heterocycles. The largest absolute Gasteiger partial charge is 0.347 e. The van der Waals surface area contributed by atoms with Crippen LogP contribution in [0.3, 0.4) is 0 Å². The van der Waals surface area contributed by atoms with Crippen LogP contribution in [0.4, 0.5) is 0 Å². The van der Waals surface area contributed by atoms with Crippen molar-refractivity contribution in [1.29, 1.82) is 0 Å². The van der Waals surface area contributed by atoms with Gasteiger partial charge in [0, 0.05) is 31.2 Å². The van der Waals surface area contributed by atoms with E-state index in [4.69, 9.17) is 0 Å². The van der Waals surface area contributed by atoms with Gasteiger partial charge < -0.3 is 15.5 Å². The summed E-state index contributed by atoms with van der Waals surface area (Å²) in [5.74, 6) is 0.0223. The van der Waals surface area contributed by atoms with E-state index >= 15 is 0 Å². The predicted molar refractivity (Wildman–Crippen MR) is 107 cm³/mol. The molecule has 1 unspecified atom stereocenters. The fourth-order valence-electron chi connectivity index (χ4n) is 3.16. The van der Waals surface area contributed by atoms with Crippen LogP contribution in [-0.2, 0) is 6.54 Å². The van der Waals surface area contributed by atoms with Crippen LogP contribution < -0.4 is 10.6 Å². The lowest BCUT2D eigenvalue weighted by atomic mass is 10.1. The Morgan fingerprint density at radius 1 is 1.23 bits per heavy atom. The first-order chi connectivity index (χ1) is 12.2. The van der Waals surface area contributed by atoms with Crippen molar-refractivity contribution in [3.05, 3.63) is 57.8 Å². The third-order valence-electron chi connectivity index (χ3n) is 4.48. The van der Waals surface area contributed by atoms with Crippen LogP contribution in [-0.4, -0.2) is 42.9 Å². The fourth-order valence-corrected chi connectivity index (χ4v) is 3.80. The topological polar surface area (TPSA) is 61.4 Å². The number of halogens is 1. The maximum absolute atomic E-state index is 12.7. The van der Waals surface area contributed by atoms with Gasteiger partial charge in [-0.2, -0.15) is 0 Å². The Morgan fingerprint density at radius 3 is 2.65 bits per heavy atom. The van der Waals surface area contributed by atoms with Gasteiger partial charge in [-0.1, -0.05) is 18.2 Å². The van der Waals surface area contributed by atoms with Crippen molar-refractivity contribution in [2.24, 2.45) is 0 Å². The molecule has 0 spiro atoms. The summed E-state index contributed by atoms with van der Waals surface area (Å²) in [5.41, 5.74) is 1.69. The maximum Gasteiger partial charge on any atom is 0.261 e. The van der Waals surface area contributed by atoms with Gasteiger partial charge in [0.2, 0.25) is 0 Å². The van der Waals surface area contributed by atoms with E-state index in [-0.39, 0.29) is 30.3 Å². The van der Waals surface area contributed by atoms with E-state index in [0.717, 1.165) is 31.5 Å². The summed E-state index contributed by atoms with van der Waals surface area (Å²) in [6.45, 7) is 2.11. The first kappa shape index (κ1) is 20.4. The number of rotatable bonds is 6. The van der Waals surface area contributed by atoms with Crippen molar-refractivity contribution in [2.45, 2.75) is 25.4 Å². The smallest absolute Gasteiger partial charge is 0.261 e. The molecule has 7 heteroatoms. The third-order valence-corrected chi connectivity index (χ3v) is 5.35. The number of amides is 2. The average molecular weight is 394 g/mol. The number of likely N-dealkylation sites (N-methyl/N-ethyl adjacent to an activating group) is 1. The molecule has 2 heterocycles. The molecule has 1 aromatic carbocycles. The number of thiophene rings is 1. The van der Waals surface area contributed by atoms with E-state index in [0.29, 0.717) is 17.0 Å². The van der Waals surface area contributed by atoms with Crippen molar-refractivity contribution in [2.75, 3.05) is 20.1 Å². The van der Waals surface area contributed by atoms with Crippen molar-refractivity contribution in [3.8, 4) is 0 Å². The Bertz CT molecular complexity index is 719. The molecular formula is C19H24ClN3O2S. The van der Waals surface area contributed by atoms with Crippen molar-refractivity contribution in [3.63, 3.8) is 0 Å². The Hall–Kier alpha value is -1.89. The molecule has 1 aliphatic rings. The molecule has 2 aromatic rings. The van der Waals surface area contributed by atoms with Gasteiger partial charge in [0.25, 0.3) is 11.8 Å². The predicted octanol–water partition coefficient (Wildman–Crippen LogP) is 2.92. The molecule has 5 nitrogen and oxygen atoms in total. The Morgan fingerprint density at radius 2 is 2.00 bits per heavy atom. The number of likely N-dealkylation sites (tertiary alicyclic amines) is 1. The second-order valence-electron chi connectivity index (χ2n) is 6.21. The number of nitrogens with one attached hydrogen (secondary N) is 2. The fraction of sp³-hybridized carbons (Fsp3) is 0.368. The van der Waals surface area contributed by atoms with Crippen molar-refractivity contribution < 1.29 is 9.59 Å². The number of carbonyl (C=O) groups is 2. The minimum absolute atomic E-state index is 0. The third kappa shape index (κ3) is 4.84. The molecule has 3 rings (SSSR count). The summed E-state index contributed by atoms with van der Waals surface area (Å²) < 4.78 is 0. The lowest BCUT2D eigenvalue weighted by molar-refractivity contribution is 0.0736. The van der Waals surface area contributed by atoms with E-state index < -0.39 is 0 Å². The summed E-state index contributed by atoms with van der Waals surface area (Å²) in [6, 6.07) is 11.5. The van der Waals surface area contributed by atoms with Crippen LogP contribution in [0.2, 0.25) is 0 Å². The first-order valence-corrected chi connectivity index (χ1v) is 9.43. The molecule has 1 fully saturated rings. The van der Waals surface area contributed by atoms with Crippen molar-refractivity contribution in [1.82, 2.24) is 15.5 Å². The van der Waals surface area contributed by atoms with Crippen LogP contribution in [0.5, 0.6) is 0 Å². The van der Waals surface area contributed by atoms with E-state index in [9.17, 15) is 9.59 Å². The molecule has 0 saturated carbocycles. The van der Waals surface area contributed by atoms with Crippen LogP contribution >= 0.6 is 23.7 Å². The summed E-state index contributed by atoms with van der Waals surface area (Å²) in [4.78, 5) is 27.3. The van der Waals surface area contributed by atoms with Crippen LogP contribution in [0.1, 0.15) is 38.4 Å². The zero-order chi connectivity index (χ0) is 17.6. The van der Waals surface area contributed by atoms with E-state index in [1.807, 2.05) is 47.7 Å². The van der Waals surface area contributed by atoms with Gasteiger partial charge in [-0.05, 0) is 49.0 Å². The Balaban J connectivity index is 0.00000243. The molecule has 0 bridgehead atoms. The standard InChI is InChI=1S/C19H23N3O2S.ClH/c1-20-13-16-4-2-10-22(16)19(24)15-8-6-14(7-9-15)12-21-18(23)17-5-3-11-25-17;/h3,5-9,11,16,20H,2,4,10,12-13H2,1H3,(H,21,23);1H. The van der Waals surface area contributed by atoms with E-state index in [1.165, 1.54) is 11.3 Å². The van der Waals surface area contributed by atoms with Gasteiger partial charge in [0.15, 0.2) is 0 Å². The van der Waals surface area contributed by atoms with Crippen LogP contribution in [0, 0.1) is 0 Å². The molecule has 0 aliphatic carbocycles. The first-order valence-electron chi connectivity index (χ1n) is 8.55. The molecule has 140 valence electrons. The number of hydrogen-bond acceptors (Lipinski definition) is 4. The lowest BCUT2D eigenvalue weighted by Gasteiger charge is -2.24. The molecule has 26 heavy (non-hydrogen) atoms. The number of benzene rings is 1. The molecular weight excluding hydrogens is 370 g/mol. The van der Waals surface area contributed by atoms with Gasteiger partial charge in [-0.15, -0.1) is 23.7 Å². The minimum Gasteiger partial charge on any atom is -0.347 e. The zero-order valence-corrected chi connectivity index (χ0v) is 16.4. The van der Waals surface area contributed by atoms with Gasteiger partial charge in [0.05, 0.1) is 4.88 Å². The zero-order valence-electron chi connectivity index (χ0n) is 14.7. The Labute approximate surface area is 164 Å². The highest BCUT2D eigenvalue weighted by molar-refractivity contribution is 7.12. The number of nitrogens with zero attached hydrogens (tertiary/aromatic N) is 1. The second kappa shape index (κ2) is 9.71. The molecule has 2 amide bonds. The van der Waals surface area contributed by atoms with E-state index in [1.54, 1.807) is 6.07 Å². The summed E-state index contributed by atoms with van der Waals surface area (Å²) in [5, 5.41) is 7.94. The monoisotopic (exact) mass is 393 g/mol. The summed E-state index contributed by atoms with van der Waals surface area (Å²) >= 11 is 1.42. The number of hydrogen-bond donors (Lipinski definition) is 2. The lowest BCUT2D eigenvalue weighted by Crippen LogP contribution is -2.40. The van der Waals surface area contributed by atoms with Gasteiger partial charge in [-0.3, -0.25) is 9.59 Å². The quantitative estimate of drug-likeness (QED) is 0.793. The van der Waals surface area contributed by atoms with Gasteiger partial charge >= 0.3 is 0 Å². The van der Waals surface area contributed by atoms with Crippen LogP contribution in [0.25, 0.3) is 0 Å². The normalized spacial score (nSPS) is 16.2. The highest BCUT2D eigenvalue weighted by atomic mass is 35.5. The molecule has 0 radical (unpaired) electrons. The molecule has 1 atom stereocenters. The summed E-state index contributed by atoms with van der Waals surface area (Å²) in [7, 11) is 1.92. The van der Waals surface area contributed by atoms with Crippen LogP contribution in [0.15, 0.2) is 41.8 Å². The van der Waals surface area contributed by atoms with Crippen molar-refractivity contribution >= 4 is 35.6 Å². The highest BCUT2D eigenvalue weighted by Gasteiger charge is 2.28. The highest BCUT2D eigenvalue weighted by Crippen LogP contribution is 2.20. The minimum atomic E-state index is -0.0675. The number of carbonyl (C=O) groups excluding carboxylic acids is 2. The molecule has 1 aliphatic heterocycles. The van der Waals surface area contributed by atoms with Gasteiger partial charge in [-0.25, -0.2) is 0 Å². The SMILES string of the molecule is CNCC1CCCN1C(=O)c1ccc(CNC(=O)c2cccs2)cc1.Cl. The summed E-state index contributed by atoms with van der Waals surface area (Å²) in [6.07, 6.45) is 2.12. The second-order valence-corrected chi connectivity index (χ2v) is 7.16. The van der Waals surface area contributed by atoms with Gasteiger partial charge in [0.1, 0.15) is 0 Å². The van der Waals surface area contributed by atoms with E-state index in [2.05, 4.69) is 10.6 Å².